The molecule has 7 rings (SSSR count). The molecule has 0 aromatic heterocycles. The number of fused-ring (bicyclic) bond motifs is 2. The summed E-state index contributed by atoms with van der Waals surface area (Å²) >= 11 is 0. The maximum Gasteiger partial charge on any atom is 0.168 e. The van der Waals surface area contributed by atoms with E-state index in [1.165, 1.54) is 0 Å². The van der Waals surface area contributed by atoms with E-state index in [9.17, 15) is 10.2 Å². The van der Waals surface area contributed by atoms with Crippen LogP contribution in [0.1, 0.15) is 45.4 Å². The maximum absolute atomic E-state index is 10.5. The Hall–Kier alpha value is -0.160. The highest BCUT2D eigenvalue weighted by atomic mass is 16.6. The molecule has 3 aliphatic carbocycles. The largest absolute Gasteiger partial charge is 0.396 e. The summed E-state index contributed by atoms with van der Waals surface area (Å²) in [5.74, 6) is -0.979. The van der Waals surface area contributed by atoms with Gasteiger partial charge in [-0.3, -0.25) is 0 Å². The molecule has 3 saturated carbocycles. The van der Waals surface area contributed by atoms with E-state index in [2.05, 4.69) is 6.92 Å². The summed E-state index contributed by atoms with van der Waals surface area (Å²) in [6.07, 6.45) is 5.54. The third-order valence-electron chi connectivity index (χ3n) is 7.76. The van der Waals surface area contributed by atoms with Crippen molar-refractivity contribution in [1.29, 1.82) is 0 Å². The van der Waals surface area contributed by atoms with Gasteiger partial charge in [0.15, 0.2) is 5.79 Å². The molecule has 0 radical (unpaired) electrons. The number of ether oxygens (including phenoxy) is 2. The lowest BCUT2D eigenvalue weighted by atomic mass is 9.50. The molecule has 4 nitrogen and oxygen atoms in total. The normalized spacial score (nSPS) is 68.7. The summed E-state index contributed by atoms with van der Waals surface area (Å²) in [7, 11) is 0. The first-order chi connectivity index (χ1) is 8.92. The monoisotopic (exact) mass is 266 g/mol. The zero-order valence-corrected chi connectivity index (χ0v) is 11.4. The Bertz CT molecular complexity index is 469. The molecule has 7 fully saturated rings. The van der Waals surface area contributed by atoms with Crippen LogP contribution in [0.15, 0.2) is 0 Å². The van der Waals surface area contributed by atoms with Crippen LogP contribution >= 0.6 is 0 Å². The fourth-order valence-electron chi connectivity index (χ4n) is 6.91. The van der Waals surface area contributed by atoms with Gasteiger partial charge in [0.2, 0.25) is 0 Å². The Kier molecular flexibility index (Phi) is 1.67. The van der Waals surface area contributed by atoms with Gasteiger partial charge in [-0.15, -0.1) is 0 Å². The fraction of sp³-hybridized carbons (Fsp3) is 1.00. The highest BCUT2D eigenvalue weighted by molar-refractivity contribution is 5.32. The number of aliphatic hydroxyl groups excluding tert-OH is 1. The summed E-state index contributed by atoms with van der Waals surface area (Å²) in [5, 5.41) is 20.6. The molecule has 4 aliphatic heterocycles. The molecule has 0 aromatic rings. The molecule has 6 bridgehead atoms. The molecule has 6 atom stereocenters. The number of rotatable bonds is 1. The van der Waals surface area contributed by atoms with Crippen LogP contribution in [-0.4, -0.2) is 40.9 Å². The van der Waals surface area contributed by atoms with Crippen molar-refractivity contribution in [3.63, 3.8) is 0 Å². The lowest BCUT2D eigenvalue weighted by Crippen LogP contribution is -2.70. The minimum atomic E-state index is -0.979. The van der Waals surface area contributed by atoms with Gasteiger partial charge in [0.1, 0.15) is 0 Å². The van der Waals surface area contributed by atoms with Crippen LogP contribution in [0.3, 0.4) is 0 Å². The predicted octanol–water partition coefficient (Wildman–Crippen LogP) is 1.20. The molecule has 4 heteroatoms. The zero-order valence-electron chi connectivity index (χ0n) is 11.4. The molecule has 4 saturated heterocycles. The SMILES string of the molecule is CC12CC3CC1(CO)CC1(CC4(O)CCC12CO4)O3. The second kappa shape index (κ2) is 2.76. The fourth-order valence-corrected chi connectivity index (χ4v) is 6.91. The number of hydrogen-bond acceptors (Lipinski definition) is 4. The van der Waals surface area contributed by atoms with E-state index in [-0.39, 0.29) is 34.6 Å². The minimum Gasteiger partial charge on any atom is -0.396 e. The van der Waals surface area contributed by atoms with Crippen molar-refractivity contribution in [2.45, 2.75) is 62.9 Å². The van der Waals surface area contributed by atoms with E-state index in [1.54, 1.807) is 0 Å². The first kappa shape index (κ1) is 11.5. The average molecular weight is 266 g/mol. The number of aliphatic hydroxyl groups is 2. The van der Waals surface area contributed by atoms with Gasteiger partial charge in [0.25, 0.3) is 0 Å². The minimum absolute atomic E-state index is 0.00509. The van der Waals surface area contributed by atoms with E-state index < -0.39 is 5.79 Å². The topological polar surface area (TPSA) is 58.9 Å². The third-order valence-corrected chi connectivity index (χ3v) is 7.76. The van der Waals surface area contributed by atoms with E-state index in [0.29, 0.717) is 13.0 Å². The molecule has 2 spiro atoms. The van der Waals surface area contributed by atoms with Gasteiger partial charge in [-0.05, 0) is 31.1 Å². The standard InChI is InChI=1S/C15H22O4/c1-11-4-10-5-12(11,8-16)6-14(19-10)7-15(17)3-2-13(11,14)9-18-15/h10,16-17H,2-9H2,1H3. The maximum atomic E-state index is 10.5. The Morgan fingerprint density at radius 3 is 2.74 bits per heavy atom. The van der Waals surface area contributed by atoms with Crippen LogP contribution in [-0.2, 0) is 9.47 Å². The van der Waals surface area contributed by atoms with Crippen LogP contribution in [0.5, 0.6) is 0 Å². The second-order valence-corrected chi connectivity index (χ2v) is 8.08. The molecule has 0 aromatic carbocycles. The molecule has 7 aliphatic rings. The molecular weight excluding hydrogens is 244 g/mol. The van der Waals surface area contributed by atoms with Crippen molar-refractivity contribution in [2.75, 3.05) is 13.2 Å². The first-order valence-corrected chi connectivity index (χ1v) is 7.57. The average Bonchev–Trinajstić information content (AvgIpc) is 2.64. The van der Waals surface area contributed by atoms with Gasteiger partial charge >= 0.3 is 0 Å². The second-order valence-electron chi connectivity index (χ2n) is 8.08. The predicted molar refractivity (Wildman–Crippen MR) is 66.3 cm³/mol. The highest BCUT2D eigenvalue weighted by Crippen LogP contribution is 2.83. The van der Waals surface area contributed by atoms with E-state index >= 15 is 0 Å². The van der Waals surface area contributed by atoms with Crippen LogP contribution < -0.4 is 0 Å². The molecule has 0 amide bonds. The van der Waals surface area contributed by atoms with E-state index in [0.717, 1.165) is 32.1 Å². The van der Waals surface area contributed by atoms with Gasteiger partial charge in [-0.1, -0.05) is 6.92 Å². The van der Waals surface area contributed by atoms with Crippen LogP contribution in [0.4, 0.5) is 0 Å². The zero-order chi connectivity index (χ0) is 13.1. The summed E-state index contributed by atoms with van der Waals surface area (Å²) in [6.45, 7) is 3.21. The summed E-state index contributed by atoms with van der Waals surface area (Å²) in [5.41, 5.74) is -0.120. The van der Waals surface area contributed by atoms with Gasteiger partial charge < -0.3 is 19.7 Å². The van der Waals surface area contributed by atoms with E-state index in [4.69, 9.17) is 9.47 Å². The van der Waals surface area contributed by atoms with Gasteiger partial charge in [-0.25, -0.2) is 0 Å². The Balaban J connectivity index is 1.76. The van der Waals surface area contributed by atoms with Gasteiger partial charge in [0, 0.05) is 30.3 Å². The third kappa shape index (κ3) is 0.892. The summed E-state index contributed by atoms with van der Waals surface area (Å²) in [4.78, 5) is 0. The van der Waals surface area contributed by atoms with Crippen LogP contribution in [0, 0.1) is 16.2 Å². The van der Waals surface area contributed by atoms with Crippen molar-refractivity contribution < 1.29 is 19.7 Å². The molecule has 106 valence electrons. The molecule has 2 N–H and O–H groups in total. The quantitative estimate of drug-likeness (QED) is 0.748. The van der Waals surface area contributed by atoms with E-state index in [1.807, 2.05) is 0 Å². The summed E-state index contributed by atoms with van der Waals surface area (Å²) in [6, 6.07) is 0. The first-order valence-electron chi connectivity index (χ1n) is 7.57. The Labute approximate surface area is 113 Å². The Morgan fingerprint density at radius 1 is 1.21 bits per heavy atom. The smallest absolute Gasteiger partial charge is 0.168 e. The van der Waals surface area contributed by atoms with Crippen LogP contribution in [0.25, 0.3) is 0 Å². The Morgan fingerprint density at radius 2 is 2.05 bits per heavy atom. The van der Waals surface area contributed by atoms with Gasteiger partial charge in [0.05, 0.1) is 18.3 Å². The van der Waals surface area contributed by atoms with Crippen molar-refractivity contribution in [2.24, 2.45) is 16.2 Å². The molecular formula is C15H22O4. The lowest BCUT2D eigenvalue weighted by Gasteiger charge is -2.65. The van der Waals surface area contributed by atoms with Gasteiger partial charge in [-0.2, -0.15) is 0 Å². The highest BCUT2D eigenvalue weighted by Gasteiger charge is 2.85. The molecule has 6 unspecified atom stereocenters. The van der Waals surface area contributed by atoms with Crippen LogP contribution in [0.2, 0.25) is 0 Å². The summed E-state index contributed by atoms with van der Waals surface area (Å²) < 4.78 is 12.3. The van der Waals surface area contributed by atoms with Crippen molar-refractivity contribution in [3.8, 4) is 0 Å². The van der Waals surface area contributed by atoms with Crippen molar-refractivity contribution in [3.05, 3.63) is 0 Å². The molecule has 19 heavy (non-hydrogen) atoms. The number of hydrogen-bond donors (Lipinski definition) is 2. The van der Waals surface area contributed by atoms with Crippen molar-refractivity contribution in [1.82, 2.24) is 0 Å². The van der Waals surface area contributed by atoms with Crippen molar-refractivity contribution >= 4 is 0 Å². The molecule has 4 heterocycles. The lowest BCUT2D eigenvalue weighted by molar-refractivity contribution is -0.381.